The molecule has 0 saturated carbocycles. The van der Waals surface area contributed by atoms with Crippen LogP contribution in [0.15, 0.2) is 30.5 Å². The zero-order chi connectivity index (χ0) is 17.7. The lowest BCUT2D eigenvalue weighted by atomic mass is 10.1. The largest absolute Gasteiger partial charge is 0.508 e. The second-order valence-corrected chi connectivity index (χ2v) is 5.60. The summed E-state index contributed by atoms with van der Waals surface area (Å²) in [4.78, 5) is 24.2. The number of carbonyl (C=O) groups is 2. The Morgan fingerprint density at radius 1 is 1.29 bits per heavy atom. The summed E-state index contributed by atoms with van der Waals surface area (Å²) in [5.74, 6) is -0.938. The lowest BCUT2D eigenvalue weighted by Crippen LogP contribution is -2.43. The van der Waals surface area contributed by atoms with E-state index < -0.39 is 17.9 Å². The van der Waals surface area contributed by atoms with E-state index in [0.717, 1.165) is 5.56 Å². The van der Waals surface area contributed by atoms with Crippen LogP contribution in [0.1, 0.15) is 35.9 Å². The number of aromatic hydroxyl groups is 1. The highest BCUT2D eigenvalue weighted by Gasteiger charge is 2.24. The summed E-state index contributed by atoms with van der Waals surface area (Å²) in [5, 5.41) is 19.6. The highest BCUT2D eigenvalue weighted by molar-refractivity contribution is 5.94. The maximum atomic E-state index is 12.3. The number of aromatic nitrogens is 3. The van der Waals surface area contributed by atoms with E-state index in [9.17, 15) is 14.7 Å². The average Bonchev–Trinajstić information content (AvgIpc) is 3.06. The number of phenols is 1. The van der Waals surface area contributed by atoms with Gasteiger partial charge in [0.25, 0.3) is 5.91 Å². The fourth-order valence-electron chi connectivity index (χ4n) is 2.07. The first-order valence-electron chi connectivity index (χ1n) is 7.49. The van der Waals surface area contributed by atoms with Crippen LogP contribution in [0.4, 0.5) is 0 Å². The molecule has 0 radical (unpaired) electrons. The van der Waals surface area contributed by atoms with E-state index in [4.69, 9.17) is 4.74 Å². The Morgan fingerprint density at radius 2 is 1.96 bits per heavy atom. The quantitative estimate of drug-likeness (QED) is 0.767. The monoisotopic (exact) mass is 332 g/mol. The summed E-state index contributed by atoms with van der Waals surface area (Å²) in [6, 6.07) is 5.59. The number of phenolic OH excluding ortho intramolecular Hbond substituents is 1. The van der Waals surface area contributed by atoms with Crippen LogP contribution in [0.2, 0.25) is 0 Å². The molecule has 1 aromatic heterocycles. The first-order valence-corrected chi connectivity index (χ1v) is 7.49. The zero-order valence-electron chi connectivity index (χ0n) is 13.8. The molecule has 24 heavy (non-hydrogen) atoms. The summed E-state index contributed by atoms with van der Waals surface area (Å²) in [6.07, 6.45) is 1.76. The van der Waals surface area contributed by atoms with Crippen molar-refractivity contribution in [1.82, 2.24) is 20.3 Å². The molecule has 8 heteroatoms. The third-order valence-electron chi connectivity index (χ3n) is 3.44. The van der Waals surface area contributed by atoms with Crippen molar-refractivity contribution in [2.75, 3.05) is 7.11 Å². The predicted octanol–water partition coefficient (Wildman–Crippen LogP) is 1.08. The number of hydrogen-bond donors (Lipinski definition) is 2. The molecular weight excluding hydrogens is 312 g/mol. The van der Waals surface area contributed by atoms with Gasteiger partial charge in [-0.05, 0) is 31.5 Å². The van der Waals surface area contributed by atoms with Gasteiger partial charge in [-0.1, -0.05) is 17.3 Å². The molecule has 0 aliphatic rings. The molecule has 0 spiro atoms. The number of amides is 1. The van der Waals surface area contributed by atoms with E-state index in [0.29, 0.717) is 0 Å². The number of hydrogen-bond acceptors (Lipinski definition) is 6. The van der Waals surface area contributed by atoms with E-state index in [-0.39, 0.29) is 23.9 Å². The normalized spacial score (nSPS) is 12.0. The molecular formula is C16H20N4O4. The molecule has 2 rings (SSSR count). The fraction of sp³-hybridized carbons (Fsp3) is 0.375. The van der Waals surface area contributed by atoms with Gasteiger partial charge in [0.1, 0.15) is 11.8 Å². The minimum absolute atomic E-state index is 0.0763. The number of rotatable bonds is 6. The van der Waals surface area contributed by atoms with Gasteiger partial charge in [-0.25, -0.2) is 9.48 Å². The topological polar surface area (TPSA) is 106 Å². The third-order valence-corrected chi connectivity index (χ3v) is 3.44. The van der Waals surface area contributed by atoms with Crippen LogP contribution in [-0.4, -0.2) is 45.1 Å². The highest BCUT2D eigenvalue weighted by atomic mass is 16.5. The zero-order valence-corrected chi connectivity index (χ0v) is 13.8. The second-order valence-electron chi connectivity index (χ2n) is 5.60. The van der Waals surface area contributed by atoms with Gasteiger partial charge in [0.2, 0.25) is 0 Å². The minimum atomic E-state index is -0.865. The molecule has 0 aliphatic heterocycles. The van der Waals surface area contributed by atoms with Gasteiger partial charge in [-0.2, -0.15) is 0 Å². The van der Waals surface area contributed by atoms with Crippen LogP contribution in [0, 0.1) is 0 Å². The van der Waals surface area contributed by atoms with Crippen LogP contribution in [-0.2, 0) is 16.0 Å². The van der Waals surface area contributed by atoms with E-state index in [1.807, 2.05) is 13.8 Å². The molecule has 1 unspecified atom stereocenters. The van der Waals surface area contributed by atoms with Crippen LogP contribution in [0.25, 0.3) is 0 Å². The molecule has 1 atom stereocenters. The van der Waals surface area contributed by atoms with Crippen molar-refractivity contribution in [3.05, 3.63) is 41.7 Å². The Morgan fingerprint density at radius 3 is 2.50 bits per heavy atom. The average molecular weight is 332 g/mol. The van der Waals surface area contributed by atoms with E-state index in [1.165, 1.54) is 25.4 Å². The van der Waals surface area contributed by atoms with E-state index in [1.54, 1.807) is 16.8 Å². The Hall–Kier alpha value is -2.90. The number of methoxy groups -OCH3 is 1. The SMILES string of the molecule is COC(=O)C(Cc1ccc(O)cc1)NC(=O)c1cn(C(C)C)nn1. The van der Waals surface area contributed by atoms with Crippen molar-refractivity contribution in [2.24, 2.45) is 0 Å². The Kier molecular flexibility index (Phi) is 5.51. The molecule has 128 valence electrons. The van der Waals surface area contributed by atoms with Gasteiger partial charge in [0.05, 0.1) is 13.3 Å². The molecule has 0 bridgehead atoms. The Labute approximate surface area is 139 Å². The number of nitrogens with one attached hydrogen (secondary N) is 1. The molecule has 1 aromatic carbocycles. The molecule has 0 aliphatic carbocycles. The first-order chi connectivity index (χ1) is 11.4. The maximum absolute atomic E-state index is 12.3. The Balaban J connectivity index is 2.11. The Bertz CT molecular complexity index is 709. The van der Waals surface area contributed by atoms with Gasteiger partial charge in [-0.15, -0.1) is 5.10 Å². The molecule has 0 fully saturated rings. The summed E-state index contributed by atoms with van der Waals surface area (Å²) in [7, 11) is 1.26. The van der Waals surface area contributed by atoms with Crippen molar-refractivity contribution < 1.29 is 19.4 Å². The lowest BCUT2D eigenvalue weighted by molar-refractivity contribution is -0.142. The highest BCUT2D eigenvalue weighted by Crippen LogP contribution is 2.12. The van der Waals surface area contributed by atoms with Crippen molar-refractivity contribution in [3.8, 4) is 5.75 Å². The summed E-state index contributed by atoms with van der Waals surface area (Å²) < 4.78 is 6.30. The summed E-state index contributed by atoms with van der Waals surface area (Å²) in [6.45, 7) is 3.83. The van der Waals surface area contributed by atoms with E-state index in [2.05, 4.69) is 15.6 Å². The number of nitrogens with zero attached hydrogens (tertiary/aromatic N) is 3. The van der Waals surface area contributed by atoms with Crippen molar-refractivity contribution in [2.45, 2.75) is 32.4 Å². The fourth-order valence-corrected chi connectivity index (χ4v) is 2.07. The smallest absolute Gasteiger partial charge is 0.328 e. The number of esters is 1. The number of carbonyl (C=O) groups excluding carboxylic acids is 2. The molecule has 1 amide bonds. The van der Waals surface area contributed by atoms with Gasteiger partial charge >= 0.3 is 5.97 Å². The van der Waals surface area contributed by atoms with Crippen molar-refractivity contribution in [1.29, 1.82) is 0 Å². The number of ether oxygens (including phenoxy) is 1. The van der Waals surface area contributed by atoms with Crippen molar-refractivity contribution in [3.63, 3.8) is 0 Å². The van der Waals surface area contributed by atoms with Gasteiger partial charge in [0, 0.05) is 12.5 Å². The van der Waals surface area contributed by atoms with Crippen LogP contribution in [0.5, 0.6) is 5.75 Å². The first kappa shape index (κ1) is 17.5. The third kappa shape index (κ3) is 4.31. The second kappa shape index (κ2) is 7.58. The predicted molar refractivity (Wildman–Crippen MR) is 85.5 cm³/mol. The number of benzene rings is 1. The standard InChI is InChI=1S/C16H20N4O4/c1-10(2)20-9-14(18-19-20)15(22)17-13(16(23)24-3)8-11-4-6-12(21)7-5-11/h4-7,9-10,13,21H,8H2,1-3H3,(H,17,22). The van der Waals surface area contributed by atoms with Crippen LogP contribution < -0.4 is 5.32 Å². The van der Waals surface area contributed by atoms with Crippen LogP contribution >= 0.6 is 0 Å². The maximum Gasteiger partial charge on any atom is 0.328 e. The molecule has 2 N–H and O–H groups in total. The summed E-state index contributed by atoms with van der Waals surface area (Å²) in [5.41, 5.74) is 0.901. The van der Waals surface area contributed by atoms with Gasteiger partial charge in [-0.3, -0.25) is 4.79 Å². The molecule has 1 heterocycles. The van der Waals surface area contributed by atoms with Crippen molar-refractivity contribution >= 4 is 11.9 Å². The molecule has 8 nitrogen and oxygen atoms in total. The summed E-state index contributed by atoms with van der Waals surface area (Å²) >= 11 is 0. The minimum Gasteiger partial charge on any atom is -0.508 e. The molecule has 0 saturated heterocycles. The molecule has 2 aromatic rings. The van der Waals surface area contributed by atoms with Gasteiger partial charge < -0.3 is 15.2 Å². The lowest BCUT2D eigenvalue weighted by Gasteiger charge is -2.16. The van der Waals surface area contributed by atoms with Crippen LogP contribution in [0.3, 0.4) is 0 Å². The van der Waals surface area contributed by atoms with Gasteiger partial charge in [0.15, 0.2) is 5.69 Å². The van der Waals surface area contributed by atoms with E-state index >= 15 is 0 Å².